The van der Waals surface area contributed by atoms with Crippen LogP contribution in [0.5, 0.6) is 0 Å². The Morgan fingerprint density at radius 1 is 1.53 bits per heavy atom. The smallest absolute Gasteiger partial charge is 0.312 e. The number of fused-ring (bicyclic) bond motifs is 1. The Balaban J connectivity index is 1.81. The van der Waals surface area contributed by atoms with Gasteiger partial charge >= 0.3 is 5.69 Å². The third kappa shape index (κ3) is 1.83. The average molecular weight is 255 g/mol. The van der Waals surface area contributed by atoms with E-state index in [-0.39, 0.29) is 10.7 Å². The summed E-state index contributed by atoms with van der Waals surface area (Å²) in [6, 6.07) is 1.64. The third-order valence-electron chi connectivity index (χ3n) is 3.43. The minimum Gasteiger partial charge on any atom is -0.361 e. The molecule has 1 saturated heterocycles. The van der Waals surface area contributed by atoms with Crippen LogP contribution in [0, 0.1) is 22.0 Å². The molecule has 90 valence electrons. The van der Waals surface area contributed by atoms with E-state index >= 15 is 0 Å². The molecular weight excluding hydrogens is 244 g/mol. The lowest BCUT2D eigenvalue weighted by atomic mass is 10.3. The highest BCUT2D eigenvalue weighted by atomic mass is 35.5. The molecule has 6 nitrogen and oxygen atoms in total. The third-order valence-corrected chi connectivity index (χ3v) is 3.63. The molecule has 7 heteroatoms. The molecule has 1 aromatic rings. The summed E-state index contributed by atoms with van der Waals surface area (Å²) in [5.41, 5.74) is -0.0598. The second kappa shape index (κ2) is 3.82. The standard InChI is InChI=1S/C10H11ClN4O2/c11-5-1-8(15(16)17)10(13-2-5)14-9-6-3-12-4-7(6)9/h1-2,6-7,9,12H,3-4H2,(H,13,14). The molecule has 2 unspecified atom stereocenters. The van der Waals surface area contributed by atoms with Crippen molar-refractivity contribution in [2.45, 2.75) is 6.04 Å². The van der Waals surface area contributed by atoms with E-state index in [1.165, 1.54) is 12.3 Å². The van der Waals surface area contributed by atoms with E-state index < -0.39 is 4.92 Å². The van der Waals surface area contributed by atoms with Gasteiger partial charge in [0, 0.05) is 31.4 Å². The first-order chi connectivity index (χ1) is 8.16. The van der Waals surface area contributed by atoms with Gasteiger partial charge in [0.15, 0.2) is 0 Å². The monoisotopic (exact) mass is 254 g/mol. The van der Waals surface area contributed by atoms with Gasteiger partial charge in [0.1, 0.15) is 0 Å². The number of nitrogens with one attached hydrogen (secondary N) is 2. The van der Waals surface area contributed by atoms with Crippen LogP contribution < -0.4 is 10.6 Å². The second-order valence-corrected chi connectivity index (χ2v) is 4.87. The van der Waals surface area contributed by atoms with E-state index in [9.17, 15) is 10.1 Å². The van der Waals surface area contributed by atoms with Gasteiger partial charge in [-0.05, 0) is 11.8 Å². The fourth-order valence-corrected chi connectivity index (χ4v) is 2.62. The minimum absolute atomic E-state index is 0.0598. The Morgan fingerprint density at radius 2 is 2.24 bits per heavy atom. The van der Waals surface area contributed by atoms with Gasteiger partial charge in [-0.1, -0.05) is 11.6 Å². The zero-order valence-corrected chi connectivity index (χ0v) is 9.65. The highest BCUT2D eigenvalue weighted by molar-refractivity contribution is 6.30. The van der Waals surface area contributed by atoms with E-state index in [4.69, 9.17) is 11.6 Å². The Bertz CT molecular complexity index is 471. The molecule has 1 aromatic heterocycles. The Morgan fingerprint density at radius 3 is 2.88 bits per heavy atom. The van der Waals surface area contributed by atoms with Gasteiger partial charge in [0.2, 0.25) is 5.82 Å². The van der Waals surface area contributed by atoms with Crippen LogP contribution in [0.25, 0.3) is 0 Å². The number of rotatable bonds is 3. The van der Waals surface area contributed by atoms with Crippen LogP contribution in [0.3, 0.4) is 0 Å². The van der Waals surface area contributed by atoms with Crippen molar-refractivity contribution in [2.24, 2.45) is 11.8 Å². The Hall–Kier alpha value is -1.40. The van der Waals surface area contributed by atoms with Gasteiger partial charge in [0.05, 0.1) is 9.95 Å². The maximum absolute atomic E-state index is 10.9. The van der Waals surface area contributed by atoms with E-state index in [1.54, 1.807) is 0 Å². The molecular formula is C10H11ClN4O2. The quantitative estimate of drug-likeness (QED) is 0.627. The van der Waals surface area contributed by atoms with Gasteiger partial charge < -0.3 is 10.6 Å². The van der Waals surface area contributed by atoms with E-state index in [0.717, 1.165) is 13.1 Å². The summed E-state index contributed by atoms with van der Waals surface area (Å²) in [7, 11) is 0. The van der Waals surface area contributed by atoms with E-state index in [0.29, 0.717) is 23.7 Å². The molecule has 0 bridgehead atoms. The maximum Gasteiger partial charge on any atom is 0.312 e. The number of anilines is 1. The van der Waals surface area contributed by atoms with Crippen LogP contribution in [0.4, 0.5) is 11.5 Å². The predicted molar refractivity (Wildman–Crippen MR) is 63.2 cm³/mol. The van der Waals surface area contributed by atoms with Crippen LogP contribution in [0.1, 0.15) is 0 Å². The maximum atomic E-state index is 10.9. The van der Waals surface area contributed by atoms with Crippen LogP contribution in [0.15, 0.2) is 12.3 Å². The zero-order chi connectivity index (χ0) is 12.0. The molecule has 1 saturated carbocycles. The molecule has 0 radical (unpaired) electrons. The van der Waals surface area contributed by atoms with Crippen molar-refractivity contribution in [3.8, 4) is 0 Å². The summed E-state index contributed by atoms with van der Waals surface area (Å²) < 4.78 is 0. The first-order valence-corrected chi connectivity index (χ1v) is 5.82. The molecule has 0 spiro atoms. The largest absolute Gasteiger partial charge is 0.361 e. The van der Waals surface area contributed by atoms with Crippen LogP contribution in [-0.2, 0) is 0 Å². The topological polar surface area (TPSA) is 80.1 Å². The first kappa shape index (κ1) is 10.7. The fraction of sp³-hybridized carbons (Fsp3) is 0.500. The molecule has 3 rings (SSSR count). The number of nitrogens with zero attached hydrogens (tertiary/aromatic N) is 2. The van der Waals surface area contributed by atoms with Crippen molar-refractivity contribution in [3.63, 3.8) is 0 Å². The van der Waals surface area contributed by atoms with Gasteiger partial charge in [0.25, 0.3) is 0 Å². The predicted octanol–water partition coefficient (Wildman–Crippen LogP) is 1.27. The second-order valence-electron chi connectivity index (χ2n) is 4.43. The van der Waals surface area contributed by atoms with Gasteiger partial charge in [-0.2, -0.15) is 0 Å². The van der Waals surface area contributed by atoms with Crippen LogP contribution in [0.2, 0.25) is 5.02 Å². The Kier molecular flexibility index (Phi) is 2.41. The summed E-state index contributed by atoms with van der Waals surface area (Å²) >= 11 is 5.70. The number of pyridine rings is 1. The normalized spacial score (nSPS) is 29.8. The lowest BCUT2D eigenvalue weighted by Crippen LogP contribution is -2.22. The molecule has 2 N–H and O–H groups in total. The van der Waals surface area contributed by atoms with Gasteiger partial charge in [-0.3, -0.25) is 10.1 Å². The number of nitro groups is 1. The van der Waals surface area contributed by atoms with Crippen molar-refractivity contribution in [3.05, 3.63) is 27.4 Å². The molecule has 1 aliphatic carbocycles. The van der Waals surface area contributed by atoms with Gasteiger partial charge in [-0.25, -0.2) is 4.98 Å². The summed E-state index contributed by atoms with van der Waals surface area (Å²) in [5, 5.41) is 17.6. The lowest BCUT2D eigenvalue weighted by Gasteiger charge is -2.08. The number of hydrogen-bond acceptors (Lipinski definition) is 5. The van der Waals surface area contributed by atoms with Crippen molar-refractivity contribution in [2.75, 3.05) is 18.4 Å². The highest BCUT2D eigenvalue weighted by Crippen LogP contribution is 2.44. The number of hydrogen-bond donors (Lipinski definition) is 2. The average Bonchev–Trinajstić information content (AvgIpc) is 2.75. The molecule has 17 heavy (non-hydrogen) atoms. The summed E-state index contributed by atoms with van der Waals surface area (Å²) in [6.07, 6.45) is 1.42. The SMILES string of the molecule is O=[N+]([O-])c1cc(Cl)cnc1NC1C2CNCC21. The minimum atomic E-state index is -0.461. The first-order valence-electron chi connectivity index (χ1n) is 5.44. The summed E-state index contributed by atoms with van der Waals surface area (Å²) in [5.74, 6) is 1.47. The molecule has 2 aliphatic rings. The van der Waals surface area contributed by atoms with Gasteiger partial charge in [-0.15, -0.1) is 0 Å². The summed E-state index contributed by atoms with van der Waals surface area (Å²) in [4.78, 5) is 14.4. The lowest BCUT2D eigenvalue weighted by molar-refractivity contribution is -0.384. The van der Waals surface area contributed by atoms with E-state index in [2.05, 4.69) is 15.6 Å². The summed E-state index contributed by atoms with van der Waals surface area (Å²) in [6.45, 7) is 1.95. The van der Waals surface area contributed by atoms with Crippen molar-refractivity contribution >= 4 is 23.1 Å². The highest BCUT2D eigenvalue weighted by Gasteiger charge is 2.53. The fourth-order valence-electron chi connectivity index (χ4n) is 2.47. The number of aromatic nitrogens is 1. The van der Waals surface area contributed by atoms with Crippen molar-refractivity contribution in [1.29, 1.82) is 0 Å². The number of halogens is 1. The van der Waals surface area contributed by atoms with E-state index in [1.807, 2.05) is 0 Å². The van der Waals surface area contributed by atoms with Crippen LogP contribution >= 0.6 is 11.6 Å². The molecule has 2 atom stereocenters. The zero-order valence-electron chi connectivity index (χ0n) is 8.89. The molecule has 2 fully saturated rings. The molecule has 0 aromatic carbocycles. The van der Waals surface area contributed by atoms with Crippen LogP contribution in [-0.4, -0.2) is 29.0 Å². The van der Waals surface area contributed by atoms with Crippen molar-refractivity contribution in [1.82, 2.24) is 10.3 Å². The molecule has 1 aliphatic heterocycles. The molecule has 2 heterocycles. The Labute approximate surface area is 103 Å². The number of piperidine rings is 1. The molecule has 0 amide bonds. The van der Waals surface area contributed by atoms with Crippen molar-refractivity contribution < 1.29 is 4.92 Å².